The van der Waals surface area contributed by atoms with E-state index in [9.17, 15) is 4.79 Å². The minimum atomic E-state index is 0.179. The molecule has 1 N–H and O–H groups in total. The van der Waals surface area contributed by atoms with E-state index in [4.69, 9.17) is 5.11 Å². The summed E-state index contributed by atoms with van der Waals surface area (Å²) in [6, 6.07) is 6.59. The van der Waals surface area contributed by atoms with E-state index in [1.54, 1.807) is 24.3 Å². The van der Waals surface area contributed by atoms with Crippen LogP contribution in [0.1, 0.15) is 10.4 Å². The maximum Gasteiger partial charge on any atom is 0.151 e. The average molecular weight is 173 g/mol. The van der Waals surface area contributed by atoms with E-state index >= 15 is 0 Å². The number of fused-ring (bicyclic) bond motifs is 1. The Labute approximate surface area is 74.7 Å². The fraction of sp³-hybridized carbons (Fsp3) is 0. The van der Waals surface area contributed by atoms with Crippen LogP contribution < -0.4 is 0 Å². The van der Waals surface area contributed by atoms with Gasteiger partial charge in [0.2, 0.25) is 0 Å². The van der Waals surface area contributed by atoms with Crippen LogP contribution in [0.5, 0.6) is 5.75 Å². The standard InChI is InChI=1S/C10H7NO2/c12-6-7-3-8-1-2-9(13)4-10(8)11-5-7/h1-6,13H. The van der Waals surface area contributed by atoms with Crippen LogP contribution in [-0.2, 0) is 0 Å². The molecule has 1 heterocycles. The number of nitrogens with zero attached hydrogens (tertiary/aromatic N) is 1. The maximum atomic E-state index is 10.4. The molecule has 13 heavy (non-hydrogen) atoms. The first-order valence-corrected chi connectivity index (χ1v) is 3.83. The number of aldehydes is 1. The van der Waals surface area contributed by atoms with E-state index in [-0.39, 0.29) is 5.75 Å². The van der Waals surface area contributed by atoms with Gasteiger partial charge in [0.15, 0.2) is 6.29 Å². The third kappa shape index (κ3) is 1.36. The second-order valence-electron chi connectivity index (χ2n) is 2.76. The first kappa shape index (κ1) is 7.73. The van der Waals surface area contributed by atoms with Crippen LogP contribution in [0.4, 0.5) is 0 Å². The molecule has 64 valence electrons. The first-order valence-electron chi connectivity index (χ1n) is 3.83. The Kier molecular flexibility index (Phi) is 1.70. The molecule has 0 spiro atoms. The number of aromatic nitrogens is 1. The summed E-state index contributed by atoms with van der Waals surface area (Å²) in [6.07, 6.45) is 2.23. The fourth-order valence-electron chi connectivity index (χ4n) is 1.19. The van der Waals surface area contributed by atoms with E-state index in [2.05, 4.69) is 4.98 Å². The monoisotopic (exact) mass is 173 g/mol. The minimum Gasteiger partial charge on any atom is -0.508 e. The number of benzene rings is 1. The van der Waals surface area contributed by atoms with Crippen molar-refractivity contribution in [3.05, 3.63) is 36.0 Å². The molecule has 0 aliphatic rings. The lowest BCUT2D eigenvalue weighted by Gasteiger charge is -1.97. The number of hydrogen-bond donors (Lipinski definition) is 1. The van der Waals surface area contributed by atoms with E-state index in [1.165, 1.54) is 6.20 Å². The molecule has 0 atom stereocenters. The molecule has 0 saturated carbocycles. The van der Waals surface area contributed by atoms with Crippen molar-refractivity contribution < 1.29 is 9.90 Å². The van der Waals surface area contributed by atoms with Gasteiger partial charge < -0.3 is 5.11 Å². The van der Waals surface area contributed by atoms with Crippen molar-refractivity contribution in [1.29, 1.82) is 0 Å². The number of phenols is 1. The van der Waals surface area contributed by atoms with Gasteiger partial charge in [-0.1, -0.05) is 0 Å². The average Bonchev–Trinajstić information content (AvgIpc) is 2.17. The highest BCUT2D eigenvalue weighted by molar-refractivity contribution is 5.86. The van der Waals surface area contributed by atoms with E-state index in [0.29, 0.717) is 11.1 Å². The summed E-state index contributed by atoms with van der Waals surface area (Å²) in [7, 11) is 0. The van der Waals surface area contributed by atoms with Crippen molar-refractivity contribution >= 4 is 17.2 Å². The van der Waals surface area contributed by atoms with Gasteiger partial charge in [-0.15, -0.1) is 0 Å². The normalized spacial score (nSPS) is 10.2. The summed E-state index contributed by atoms with van der Waals surface area (Å²) >= 11 is 0. The Morgan fingerprint density at radius 3 is 2.92 bits per heavy atom. The van der Waals surface area contributed by atoms with Crippen molar-refractivity contribution in [1.82, 2.24) is 4.98 Å². The van der Waals surface area contributed by atoms with Gasteiger partial charge in [0.25, 0.3) is 0 Å². The highest BCUT2D eigenvalue weighted by Crippen LogP contribution is 2.17. The number of carbonyl (C=O) groups excluding carboxylic acids is 1. The molecule has 1 aromatic heterocycles. The number of pyridine rings is 1. The van der Waals surface area contributed by atoms with Gasteiger partial charge >= 0.3 is 0 Å². The van der Waals surface area contributed by atoms with Crippen LogP contribution in [0.3, 0.4) is 0 Å². The molecule has 0 saturated heterocycles. The summed E-state index contributed by atoms with van der Waals surface area (Å²) in [4.78, 5) is 14.4. The van der Waals surface area contributed by atoms with Crippen LogP contribution in [-0.4, -0.2) is 16.4 Å². The molecule has 0 aliphatic carbocycles. The van der Waals surface area contributed by atoms with Crippen molar-refractivity contribution in [3.63, 3.8) is 0 Å². The Bertz CT molecular complexity index is 465. The zero-order valence-electron chi connectivity index (χ0n) is 6.77. The smallest absolute Gasteiger partial charge is 0.151 e. The number of aromatic hydroxyl groups is 1. The molecule has 0 unspecified atom stereocenters. The SMILES string of the molecule is O=Cc1cnc2cc(O)ccc2c1. The second kappa shape index (κ2) is 2.86. The molecular formula is C10H7NO2. The van der Waals surface area contributed by atoms with Crippen molar-refractivity contribution in [3.8, 4) is 5.75 Å². The maximum absolute atomic E-state index is 10.4. The quantitative estimate of drug-likeness (QED) is 0.668. The third-order valence-electron chi connectivity index (χ3n) is 1.82. The number of rotatable bonds is 1. The molecule has 0 bridgehead atoms. The largest absolute Gasteiger partial charge is 0.508 e. The predicted octanol–water partition coefficient (Wildman–Crippen LogP) is 1.75. The zero-order valence-corrected chi connectivity index (χ0v) is 6.77. The molecule has 0 aliphatic heterocycles. The second-order valence-corrected chi connectivity index (χ2v) is 2.76. The topological polar surface area (TPSA) is 50.2 Å². The van der Waals surface area contributed by atoms with Gasteiger partial charge in [-0.05, 0) is 18.2 Å². The van der Waals surface area contributed by atoms with Crippen molar-refractivity contribution in [2.45, 2.75) is 0 Å². The fourth-order valence-corrected chi connectivity index (χ4v) is 1.19. The zero-order chi connectivity index (χ0) is 9.26. The number of phenolic OH excluding ortho intramolecular Hbond substituents is 1. The third-order valence-corrected chi connectivity index (χ3v) is 1.82. The summed E-state index contributed by atoms with van der Waals surface area (Å²) in [6.45, 7) is 0. The number of hydrogen-bond acceptors (Lipinski definition) is 3. The summed E-state index contributed by atoms with van der Waals surface area (Å²) < 4.78 is 0. The summed E-state index contributed by atoms with van der Waals surface area (Å²) in [5, 5.41) is 10.00. The molecule has 0 fully saturated rings. The van der Waals surface area contributed by atoms with E-state index in [1.807, 2.05) is 0 Å². The Hall–Kier alpha value is -1.90. The van der Waals surface area contributed by atoms with Crippen LogP contribution in [0.25, 0.3) is 10.9 Å². The van der Waals surface area contributed by atoms with E-state index in [0.717, 1.165) is 11.7 Å². The molecule has 0 amide bonds. The van der Waals surface area contributed by atoms with Crippen molar-refractivity contribution in [2.75, 3.05) is 0 Å². The predicted molar refractivity (Wildman–Crippen MR) is 48.8 cm³/mol. The highest BCUT2D eigenvalue weighted by atomic mass is 16.3. The molecule has 2 rings (SSSR count). The molecule has 1 aromatic carbocycles. The van der Waals surface area contributed by atoms with Crippen molar-refractivity contribution in [2.24, 2.45) is 0 Å². The summed E-state index contributed by atoms with van der Waals surface area (Å²) in [5.41, 5.74) is 1.23. The number of carbonyl (C=O) groups is 1. The molecule has 2 aromatic rings. The van der Waals surface area contributed by atoms with Gasteiger partial charge in [0.05, 0.1) is 5.52 Å². The van der Waals surface area contributed by atoms with Crippen LogP contribution in [0.2, 0.25) is 0 Å². The molecule has 3 heteroatoms. The molecular weight excluding hydrogens is 166 g/mol. The Morgan fingerprint density at radius 2 is 2.15 bits per heavy atom. The van der Waals surface area contributed by atoms with Crippen LogP contribution in [0.15, 0.2) is 30.5 Å². The van der Waals surface area contributed by atoms with E-state index < -0.39 is 0 Å². The van der Waals surface area contributed by atoms with Crippen LogP contribution >= 0.6 is 0 Å². The van der Waals surface area contributed by atoms with Gasteiger partial charge in [0, 0.05) is 23.2 Å². The lowest BCUT2D eigenvalue weighted by molar-refractivity contribution is 0.112. The Balaban J connectivity index is 2.73. The Morgan fingerprint density at radius 1 is 1.31 bits per heavy atom. The van der Waals surface area contributed by atoms with Gasteiger partial charge in [-0.2, -0.15) is 0 Å². The lowest BCUT2D eigenvalue weighted by Crippen LogP contribution is -1.83. The first-order chi connectivity index (χ1) is 6.29. The van der Waals surface area contributed by atoms with Gasteiger partial charge in [-0.25, -0.2) is 0 Å². The van der Waals surface area contributed by atoms with Gasteiger partial charge in [-0.3, -0.25) is 9.78 Å². The highest BCUT2D eigenvalue weighted by Gasteiger charge is 1.97. The van der Waals surface area contributed by atoms with Gasteiger partial charge in [0.1, 0.15) is 5.75 Å². The minimum absolute atomic E-state index is 0.179. The van der Waals surface area contributed by atoms with Crippen LogP contribution in [0, 0.1) is 0 Å². The summed E-state index contributed by atoms with van der Waals surface area (Å²) in [5.74, 6) is 0.179. The molecule has 0 radical (unpaired) electrons. The lowest BCUT2D eigenvalue weighted by atomic mass is 10.2. The molecule has 3 nitrogen and oxygen atoms in total.